The van der Waals surface area contributed by atoms with E-state index in [1.165, 1.54) is 0 Å². The number of amides is 3. The molecule has 4 nitrogen and oxygen atoms in total. The SMILES string of the molecule is O=C1NC2(CCCCC2)C(=O)N1c1cc(F)cc(F)c1. The smallest absolute Gasteiger partial charge is 0.323 e. The van der Waals surface area contributed by atoms with E-state index in [0.717, 1.165) is 36.3 Å². The second-order valence-corrected chi connectivity index (χ2v) is 5.34. The minimum absolute atomic E-state index is 0.0625. The molecular formula is C14H14F2N2O2. The van der Waals surface area contributed by atoms with Crippen molar-refractivity contribution >= 4 is 17.6 Å². The molecule has 1 N–H and O–H groups in total. The van der Waals surface area contributed by atoms with Gasteiger partial charge in [-0.2, -0.15) is 0 Å². The average molecular weight is 280 g/mol. The van der Waals surface area contributed by atoms with Gasteiger partial charge in [0.2, 0.25) is 0 Å². The predicted molar refractivity (Wildman–Crippen MR) is 68.2 cm³/mol. The molecule has 1 aliphatic heterocycles. The van der Waals surface area contributed by atoms with Crippen molar-refractivity contribution in [2.24, 2.45) is 0 Å². The fraction of sp³-hybridized carbons (Fsp3) is 0.429. The number of imide groups is 1. The third kappa shape index (κ3) is 1.95. The van der Waals surface area contributed by atoms with Crippen molar-refractivity contribution in [1.82, 2.24) is 5.32 Å². The van der Waals surface area contributed by atoms with Crippen molar-refractivity contribution in [2.45, 2.75) is 37.6 Å². The lowest BCUT2D eigenvalue weighted by molar-refractivity contribution is -0.123. The minimum atomic E-state index is -0.891. The van der Waals surface area contributed by atoms with Crippen LogP contribution >= 0.6 is 0 Å². The molecule has 1 heterocycles. The van der Waals surface area contributed by atoms with Gasteiger partial charge in [0.05, 0.1) is 5.69 Å². The maximum atomic E-state index is 13.3. The second kappa shape index (κ2) is 4.54. The van der Waals surface area contributed by atoms with Crippen LogP contribution < -0.4 is 10.2 Å². The largest absolute Gasteiger partial charge is 0.329 e. The highest BCUT2D eigenvalue weighted by atomic mass is 19.1. The lowest BCUT2D eigenvalue weighted by atomic mass is 9.82. The molecule has 6 heteroatoms. The molecule has 2 fully saturated rings. The van der Waals surface area contributed by atoms with Crippen molar-refractivity contribution in [3.05, 3.63) is 29.8 Å². The van der Waals surface area contributed by atoms with E-state index < -0.39 is 29.1 Å². The Bertz CT molecular complexity index is 562. The number of hydrogen-bond donors (Lipinski definition) is 1. The fourth-order valence-electron chi connectivity index (χ4n) is 3.02. The van der Waals surface area contributed by atoms with Gasteiger partial charge in [0.25, 0.3) is 5.91 Å². The molecule has 1 aromatic carbocycles. The van der Waals surface area contributed by atoms with Crippen LogP contribution in [0.1, 0.15) is 32.1 Å². The van der Waals surface area contributed by atoms with E-state index in [4.69, 9.17) is 0 Å². The van der Waals surface area contributed by atoms with Crippen LogP contribution in [0.25, 0.3) is 0 Å². The molecule has 1 saturated carbocycles. The van der Waals surface area contributed by atoms with Crippen molar-refractivity contribution < 1.29 is 18.4 Å². The summed E-state index contributed by atoms with van der Waals surface area (Å²) in [6, 6.07) is 2.07. The van der Waals surface area contributed by atoms with E-state index in [0.29, 0.717) is 18.9 Å². The van der Waals surface area contributed by atoms with Crippen molar-refractivity contribution in [3.63, 3.8) is 0 Å². The molecule has 0 atom stereocenters. The van der Waals surface area contributed by atoms with Crippen molar-refractivity contribution in [2.75, 3.05) is 4.90 Å². The van der Waals surface area contributed by atoms with Crippen LogP contribution in [-0.2, 0) is 4.79 Å². The van der Waals surface area contributed by atoms with Crippen molar-refractivity contribution in [3.8, 4) is 0 Å². The molecule has 1 spiro atoms. The summed E-state index contributed by atoms with van der Waals surface area (Å²) in [6.45, 7) is 0. The van der Waals surface area contributed by atoms with Crippen LogP contribution in [0.4, 0.5) is 19.3 Å². The van der Waals surface area contributed by atoms with E-state index in [1.807, 2.05) is 0 Å². The molecule has 1 aromatic rings. The number of hydrogen-bond acceptors (Lipinski definition) is 2. The van der Waals surface area contributed by atoms with Gasteiger partial charge in [-0.1, -0.05) is 19.3 Å². The Balaban J connectivity index is 1.98. The number of benzene rings is 1. The van der Waals surface area contributed by atoms with Gasteiger partial charge < -0.3 is 5.32 Å². The standard InChI is InChI=1S/C14H14F2N2O2/c15-9-6-10(16)8-11(7-9)18-12(19)14(17-13(18)20)4-2-1-3-5-14/h6-8H,1-5H2,(H,17,20). The summed E-state index contributed by atoms with van der Waals surface area (Å²) in [4.78, 5) is 25.4. The van der Waals surface area contributed by atoms with Gasteiger partial charge in [0.1, 0.15) is 17.2 Å². The molecule has 20 heavy (non-hydrogen) atoms. The van der Waals surface area contributed by atoms with Gasteiger partial charge in [-0.25, -0.2) is 18.5 Å². The molecule has 0 radical (unpaired) electrons. The molecule has 0 aromatic heterocycles. The van der Waals surface area contributed by atoms with E-state index >= 15 is 0 Å². The lowest BCUT2D eigenvalue weighted by Gasteiger charge is -2.30. The molecule has 3 rings (SSSR count). The first-order valence-corrected chi connectivity index (χ1v) is 6.65. The monoisotopic (exact) mass is 280 g/mol. The Labute approximate surface area is 114 Å². The summed E-state index contributed by atoms with van der Waals surface area (Å²) in [5, 5.41) is 2.70. The third-order valence-electron chi connectivity index (χ3n) is 3.97. The summed E-state index contributed by atoms with van der Waals surface area (Å²) < 4.78 is 26.5. The Hall–Kier alpha value is -1.98. The highest BCUT2D eigenvalue weighted by molar-refractivity contribution is 6.23. The Morgan fingerprint density at radius 3 is 2.20 bits per heavy atom. The molecule has 1 saturated heterocycles. The predicted octanol–water partition coefficient (Wildman–Crippen LogP) is 2.72. The van der Waals surface area contributed by atoms with E-state index in [9.17, 15) is 18.4 Å². The minimum Gasteiger partial charge on any atom is -0.323 e. The quantitative estimate of drug-likeness (QED) is 0.804. The van der Waals surface area contributed by atoms with Crippen LogP contribution in [-0.4, -0.2) is 17.5 Å². The summed E-state index contributed by atoms with van der Waals surface area (Å²) in [6.07, 6.45) is 3.89. The van der Waals surface area contributed by atoms with Crippen LogP contribution in [0.2, 0.25) is 0 Å². The number of rotatable bonds is 1. The topological polar surface area (TPSA) is 49.4 Å². The van der Waals surface area contributed by atoms with Crippen molar-refractivity contribution in [1.29, 1.82) is 0 Å². The van der Waals surface area contributed by atoms with Gasteiger partial charge >= 0.3 is 6.03 Å². The Kier molecular flexibility index (Phi) is 2.96. The van der Waals surface area contributed by atoms with Crippen LogP contribution in [0.3, 0.4) is 0 Å². The molecule has 1 aliphatic carbocycles. The average Bonchev–Trinajstić information content (AvgIpc) is 2.60. The maximum absolute atomic E-state index is 13.3. The zero-order valence-corrected chi connectivity index (χ0v) is 10.8. The second-order valence-electron chi connectivity index (χ2n) is 5.34. The van der Waals surface area contributed by atoms with Crippen LogP contribution in [0, 0.1) is 11.6 Å². The normalized spacial score (nSPS) is 21.4. The maximum Gasteiger partial charge on any atom is 0.329 e. The number of carbonyl (C=O) groups is 2. The highest BCUT2D eigenvalue weighted by Crippen LogP contribution is 2.35. The summed E-state index contributed by atoms with van der Waals surface area (Å²) in [5.74, 6) is -2.04. The Morgan fingerprint density at radius 1 is 1.00 bits per heavy atom. The van der Waals surface area contributed by atoms with Gasteiger partial charge in [-0.05, 0) is 25.0 Å². The number of halogens is 2. The van der Waals surface area contributed by atoms with Gasteiger partial charge in [0.15, 0.2) is 0 Å². The first-order valence-electron chi connectivity index (χ1n) is 6.65. The van der Waals surface area contributed by atoms with E-state index in [1.54, 1.807) is 0 Å². The number of nitrogens with zero attached hydrogens (tertiary/aromatic N) is 1. The number of nitrogens with one attached hydrogen (secondary N) is 1. The summed E-state index contributed by atoms with van der Waals surface area (Å²) >= 11 is 0. The zero-order chi connectivity index (χ0) is 14.3. The zero-order valence-electron chi connectivity index (χ0n) is 10.8. The molecule has 106 valence electrons. The van der Waals surface area contributed by atoms with Gasteiger partial charge in [-0.15, -0.1) is 0 Å². The molecule has 3 amide bonds. The molecular weight excluding hydrogens is 266 g/mol. The summed E-state index contributed by atoms with van der Waals surface area (Å²) in [7, 11) is 0. The van der Waals surface area contributed by atoms with Gasteiger partial charge in [0, 0.05) is 6.07 Å². The molecule has 2 aliphatic rings. The van der Waals surface area contributed by atoms with E-state index in [-0.39, 0.29) is 5.69 Å². The lowest BCUT2D eigenvalue weighted by Crippen LogP contribution is -2.48. The number of carbonyl (C=O) groups excluding carboxylic acids is 2. The highest BCUT2D eigenvalue weighted by Gasteiger charge is 2.51. The van der Waals surface area contributed by atoms with E-state index in [2.05, 4.69) is 5.32 Å². The number of urea groups is 1. The molecule has 0 unspecified atom stereocenters. The number of anilines is 1. The summed E-state index contributed by atoms with van der Waals surface area (Å²) in [5.41, 5.74) is -0.953. The molecule has 0 bridgehead atoms. The first kappa shape index (κ1) is 13.0. The van der Waals surface area contributed by atoms with Crippen LogP contribution in [0.15, 0.2) is 18.2 Å². The van der Waals surface area contributed by atoms with Gasteiger partial charge in [-0.3, -0.25) is 4.79 Å². The van der Waals surface area contributed by atoms with Crippen LogP contribution in [0.5, 0.6) is 0 Å². The third-order valence-corrected chi connectivity index (χ3v) is 3.97. The fourth-order valence-corrected chi connectivity index (χ4v) is 3.02. The first-order chi connectivity index (χ1) is 9.52. The Morgan fingerprint density at radius 2 is 1.60 bits per heavy atom.